The molecule has 2 rings (SSSR count). The van der Waals surface area contributed by atoms with Crippen LogP contribution in [0.4, 0.5) is 5.69 Å². The third-order valence-electron chi connectivity index (χ3n) is 4.29. The smallest absolute Gasteiger partial charge is 0.336 e. The minimum atomic E-state index is -0.555. The van der Waals surface area contributed by atoms with Gasteiger partial charge in [0.15, 0.2) is 0 Å². The summed E-state index contributed by atoms with van der Waals surface area (Å²) in [7, 11) is 6.54. The molecule has 1 aliphatic heterocycles. The molecule has 0 spiro atoms. The lowest BCUT2D eigenvalue weighted by Crippen LogP contribution is -2.32. The number of rotatable bonds is 4. The average molecular weight is 344 g/mol. The maximum absolute atomic E-state index is 12.4. The molecule has 1 N–H and O–H groups in total. The van der Waals surface area contributed by atoms with Crippen LogP contribution < -0.4 is 10.2 Å². The zero-order valence-corrected chi connectivity index (χ0v) is 15.5. The van der Waals surface area contributed by atoms with E-state index in [4.69, 9.17) is 9.47 Å². The number of esters is 2. The van der Waals surface area contributed by atoms with Crippen molar-refractivity contribution in [3.8, 4) is 0 Å². The van der Waals surface area contributed by atoms with Gasteiger partial charge in [0, 0.05) is 31.2 Å². The van der Waals surface area contributed by atoms with Gasteiger partial charge >= 0.3 is 11.9 Å². The standard InChI is InChI=1S/C19H24N2O4/c1-11-15(18(22)24-5)17(16(12(2)20-11)19(23)25-6)13-8-7-9-14(10-13)21(3)4/h7-10,17,20H,1-6H3. The zero-order valence-electron chi connectivity index (χ0n) is 15.5. The molecule has 0 saturated heterocycles. The second kappa shape index (κ2) is 7.42. The summed E-state index contributed by atoms with van der Waals surface area (Å²) in [5, 5.41) is 3.09. The lowest BCUT2D eigenvalue weighted by Gasteiger charge is -2.30. The number of nitrogens with zero attached hydrogens (tertiary/aromatic N) is 1. The first-order valence-electron chi connectivity index (χ1n) is 7.94. The van der Waals surface area contributed by atoms with Gasteiger partial charge in [0.2, 0.25) is 0 Å². The van der Waals surface area contributed by atoms with E-state index in [9.17, 15) is 9.59 Å². The first-order chi connectivity index (χ1) is 11.8. The fourth-order valence-electron chi connectivity index (χ4n) is 3.07. The molecule has 6 nitrogen and oxygen atoms in total. The molecule has 0 saturated carbocycles. The molecular weight excluding hydrogens is 320 g/mol. The number of carbonyl (C=O) groups is 2. The quantitative estimate of drug-likeness (QED) is 0.846. The number of dihydropyridines is 1. The monoisotopic (exact) mass is 344 g/mol. The maximum atomic E-state index is 12.4. The lowest BCUT2D eigenvalue weighted by atomic mass is 9.80. The van der Waals surface area contributed by atoms with Gasteiger partial charge in [-0.05, 0) is 31.5 Å². The molecule has 1 aliphatic rings. The van der Waals surface area contributed by atoms with Crippen molar-refractivity contribution in [1.29, 1.82) is 0 Å². The van der Waals surface area contributed by atoms with Crippen LogP contribution >= 0.6 is 0 Å². The Morgan fingerprint density at radius 1 is 1.00 bits per heavy atom. The van der Waals surface area contributed by atoms with Crippen LogP contribution in [0.2, 0.25) is 0 Å². The van der Waals surface area contributed by atoms with E-state index in [2.05, 4.69) is 5.32 Å². The molecule has 0 aliphatic carbocycles. The molecule has 0 amide bonds. The summed E-state index contributed by atoms with van der Waals surface area (Å²) in [6.07, 6.45) is 0. The first-order valence-corrected chi connectivity index (χ1v) is 7.94. The summed E-state index contributed by atoms with van der Waals surface area (Å²) >= 11 is 0. The Kier molecular flexibility index (Phi) is 5.51. The van der Waals surface area contributed by atoms with Gasteiger partial charge in [-0.25, -0.2) is 9.59 Å². The molecule has 25 heavy (non-hydrogen) atoms. The number of benzene rings is 1. The minimum absolute atomic E-state index is 0.407. The van der Waals surface area contributed by atoms with Crippen LogP contribution in [0.25, 0.3) is 0 Å². The van der Waals surface area contributed by atoms with Gasteiger partial charge in [-0.15, -0.1) is 0 Å². The molecule has 0 aromatic heterocycles. The maximum Gasteiger partial charge on any atom is 0.336 e. The Bertz CT molecular complexity index is 724. The van der Waals surface area contributed by atoms with E-state index in [1.165, 1.54) is 14.2 Å². The number of hydrogen-bond donors (Lipinski definition) is 1. The summed E-state index contributed by atoms with van der Waals surface area (Å²) in [5.41, 5.74) is 3.94. The van der Waals surface area contributed by atoms with E-state index >= 15 is 0 Å². The van der Waals surface area contributed by atoms with Gasteiger partial charge in [0.25, 0.3) is 0 Å². The summed E-state index contributed by atoms with van der Waals surface area (Å²) in [6, 6.07) is 7.73. The predicted octanol–water partition coefficient (Wildman–Crippen LogP) is 2.33. The fraction of sp³-hybridized carbons (Fsp3) is 0.368. The third kappa shape index (κ3) is 3.52. The summed E-state index contributed by atoms with van der Waals surface area (Å²) < 4.78 is 9.93. The van der Waals surface area contributed by atoms with Gasteiger partial charge in [-0.3, -0.25) is 0 Å². The van der Waals surface area contributed by atoms with Crippen LogP contribution in [0.5, 0.6) is 0 Å². The van der Waals surface area contributed by atoms with Crippen molar-refractivity contribution < 1.29 is 19.1 Å². The fourth-order valence-corrected chi connectivity index (χ4v) is 3.07. The highest BCUT2D eigenvalue weighted by Gasteiger charge is 2.37. The molecular formula is C19H24N2O4. The van der Waals surface area contributed by atoms with Gasteiger partial charge in [0.05, 0.1) is 31.3 Å². The van der Waals surface area contributed by atoms with E-state index in [0.29, 0.717) is 22.5 Å². The molecule has 0 radical (unpaired) electrons. The summed E-state index contributed by atoms with van der Waals surface area (Å²) in [4.78, 5) is 26.8. The molecule has 0 atom stereocenters. The molecule has 1 aromatic rings. The third-order valence-corrected chi connectivity index (χ3v) is 4.29. The largest absolute Gasteiger partial charge is 0.466 e. The van der Waals surface area contributed by atoms with Crippen LogP contribution in [0.15, 0.2) is 46.8 Å². The molecule has 1 heterocycles. The van der Waals surface area contributed by atoms with Crippen LogP contribution in [-0.4, -0.2) is 40.3 Å². The number of nitrogens with one attached hydrogen (secondary N) is 1. The number of ether oxygens (including phenoxy) is 2. The van der Waals surface area contributed by atoms with E-state index in [-0.39, 0.29) is 0 Å². The SMILES string of the molecule is COC(=O)C1=C(C)NC(C)=C(C(=O)OC)C1c1cccc(N(C)C)c1. The molecule has 6 heteroatoms. The lowest BCUT2D eigenvalue weighted by molar-refractivity contribution is -0.137. The normalized spacial score (nSPS) is 15.0. The van der Waals surface area contributed by atoms with E-state index in [1.807, 2.05) is 43.3 Å². The van der Waals surface area contributed by atoms with E-state index in [0.717, 1.165) is 11.3 Å². The van der Waals surface area contributed by atoms with Crippen molar-refractivity contribution >= 4 is 17.6 Å². The Morgan fingerprint density at radius 3 is 1.96 bits per heavy atom. The summed E-state index contributed by atoms with van der Waals surface area (Å²) in [6.45, 7) is 3.60. The highest BCUT2D eigenvalue weighted by atomic mass is 16.5. The molecule has 0 bridgehead atoms. The highest BCUT2D eigenvalue weighted by Crippen LogP contribution is 2.39. The van der Waals surface area contributed by atoms with Crippen molar-refractivity contribution in [2.24, 2.45) is 0 Å². The van der Waals surface area contributed by atoms with E-state index < -0.39 is 17.9 Å². The molecule has 0 unspecified atom stereocenters. The number of methoxy groups -OCH3 is 2. The zero-order chi connectivity index (χ0) is 18.7. The van der Waals surface area contributed by atoms with Crippen molar-refractivity contribution in [3.05, 3.63) is 52.4 Å². The Morgan fingerprint density at radius 2 is 1.52 bits per heavy atom. The Labute approximate surface area is 148 Å². The minimum Gasteiger partial charge on any atom is -0.466 e. The number of anilines is 1. The predicted molar refractivity (Wildman–Crippen MR) is 96.1 cm³/mol. The topological polar surface area (TPSA) is 67.9 Å². The second-order valence-corrected chi connectivity index (χ2v) is 6.11. The number of allylic oxidation sites excluding steroid dienone is 2. The van der Waals surface area contributed by atoms with E-state index in [1.54, 1.807) is 13.8 Å². The van der Waals surface area contributed by atoms with Gasteiger partial charge in [-0.2, -0.15) is 0 Å². The Hall–Kier alpha value is -2.76. The Balaban J connectivity index is 2.70. The van der Waals surface area contributed by atoms with Crippen molar-refractivity contribution in [3.63, 3.8) is 0 Å². The van der Waals surface area contributed by atoms with Gasteiger partial charge in [0.1, 0.15) is 0 Å². The van der Waals surface area contributed by atoms with Crippen LogP contribution in [0.1, 0.15) is 25.3 Å². The molecule has 0 fully saturated rings. The number of carbonyl (C=O) groups excluding carboxylic acids is 2. The molecule has 1 aromatic carbocycles. The highest BCUT2D eigenvalue weighted by molar-refractivity contribution is 5.99. The van der Waals surface area contributed by atoms with Crippen LogP contribution in [0.3, 0.4) is 0 Å². The second-order valence-electron chi connectivity index (χ2n) is 6.11. The van der Waals surface area contributed by atoms with Crippen LogP contribution in [-0.2, 0) is 19.1 Å². The van der Waals surface area contributed by atoms with Crippen molar-refractivity contribution in [1.82, 2.24) is 5.32 Å². The van der Waals surface area contributed by atoms with Crippen LogP contribution in [0, 0.1) is 0 Å². The van der Waals surface area contributed by atoms with Gasteiger partial charge < -0.3 is 19.7 Å². The van der Waals surface area contributed by atoms with Crippen molar-refractivity contribution in [2.45, 2.75) is 19.8 Å². The number of hydrogen-bond acceptors (Lipinski definition) is 6. The average Bonchev–Trinajstić information content (AvgIpc) is 2.59. The first kappa shape index (κ1) is 18.6. The van der Waals surface area contributed by atoms with Gasteiger partial charge in [-0.1, -0.05) is 12.1 Å². The van der Waals surface area contributed by atoms with Crippen molar-refractivity contribution in [2.75, 3.05) is 33.2 Å². The summed E-state index contributed by atoms with van der Waals surface area (Å²) in [5.74, 6) is -1.50. The molecule has 134 valence electrons.